The first-order valence-corrected chi connectivity index (χ1v) is 12.7. The molecule has 0 aliphatic carbocycles. The van der Waals surface area contributed by atoms with Crippen molar-refractivity contribution in [1.29, 1.82) is 0 Å². The minimum Gasteiger partial charge on any atom is -0.383 e. The van der Waals surface area contributed by atoms with Gasteiger partial charge in [0.05, 0.1) is 19.7 Å². The number of amides is 4. The lowest BCUT2D eigenvalue weighted by Gasteiger charge is -2.41. The molecule has 0 bridgehead atoms. The van der Waals surface area contributed by atoms with E-state index in [2.05, 4.69) is 10.2 Å². The Labute approximate surface area is 206 Å². The molecule has 0 radical (unpaired) electrons. The maximum Gasteiger partial charge on any atom is 0.325 e. The number of ether oxygens (including phenoxy) is 1. The molecule has 1 N–H and O–H groups in total. The van der Waals surface area contributed by atoms with Gasteiger partial charge in [-0.05, 0) is 56.3 Å². The van der Waals surface area contributed by atoms with Crippen LogP contribution in [0.2, 0.25) is 5.02 Å². The minimum atomic E-state index is -1.07. The smallest absolute Gasteiger partial charge is 0.325 e. The van der Waals surface area contributed by atoms with Crippen LogP contribution in [0, 0.1) is 5.92 Å². The van der Waals surface area contributed by atoms with Crippen LogP contribution < -0.4 is 5.32 Å². The molecule has 4 amide bonds. The molecule has 1 aromatic carbocycles. The fourth-order valence-corrected chi connectivity index (χ4v) is 5.75. The number of hydrogen-bond donors (Lipinski definition) is 1. The molecule has 1 atom stereocenters. The van der Waals surface area contributed by atoms with E-state index in [-0.39, 0.29) is 30.9 Å². The summed E-state index contributed by atoms with van der Waals surface area (Å²) in [5, 5.41) is 3.62. The third kappa shape index (κ3) is 5.24. The van der Waals surface area contributed by atoms with Crippen LogP contribution in [0.3, 0.4) is 0 Å². The standard InChI is InChI=1S/C25H35ClN4O4/c1-34-16-15-30-23(32)25(27-24(30)33,17-19-7-3-4-8-21(19)26)20-9-13-29(14-10-20)22(31)18-28-11-5-2-6-12-28/h3-4,7-8,20H,2,5-6,9-18H2,1H3,(H,27,33)/t25-/m1/s1. The number of benzene rings is 1. The number of imide groups is 1. The Balaban J connectivity index is 1.49. The summed E-state index contributed by atoms with van der Waals surface area (Å²) < 4.78 is 5.11. The molecule has 3 heterocycles. The second-order valence-corrected chi connectivity index (χ2v) is 10.0. The van der Waals surface area contributed by atoms with Crippen LogP contribution in [0.4, 0.5) is 4.79 Å². The fourth-order valence-electron chi connectivity index (χ4n) is 5.54. The van der Waals surface area contributed by atoms with E-state index in [0.29, 0.717) is 43.9 Å². The van der Waals surface area contributed by atoms with Gasteiger partial charge < -0.3 is 15.0 Å². The molecule has 0 unspecified atom stereocenters. The van der Waals surface area contributed by atoms with Crippen LogP contribution in [0.1, 0.15) is 37.7 Å². The fraction of sp³-hybridized carbons (Fsp3) is 0.640. The third-order valence-electron chi connectivity index (χ3n) is 7.50. The Hall–Kier alpha value is -2.16. The van der Waals surface area contributed by atoms with Crippen LogP contribution in [0.5, 0.6) is 0 Å². The van der Waals surface area contributed by atoms with Crippen LogP contribution in [-0.4, -0.2) is 91.1 Å². The zero-order valence-electron chi connectivity index (χ0n) is 19.9. The van der Waals surface area contributed by atoms with Crippen LogP contribution in [0.25, 0.3) is 0 Å². The first kappa shape index (κ1) is 24.9. The summed E-state index contributed by atoms with van der Waals surface area (Å²) in [6.45, 7) is 4.10. The maximum absolute atomic E-state index is 13.7. The molecule has 0 spiro atoms. The van der Waals surface area contributed by atoms with Gasteiger partial charge >= 0.3 is 6.03 Å². The van der Waals surface area contributed by atoms with E-state index in [4.69, 9.17) is 16.3 Å². The molecular formula is C25H35ClN4O4. The van der Waals surface area contributed by atoms with Gasteiger partial charge in [0.2, 0.25) is 5.91 Å². The predicted octanol–water partition coefficient (Wildman–Crippen LogP) is 2.54. The van der Waals surface area contributed by atoms with Gasteiger partial charge in [-0.15, -0.1) is 0 Å². The predicted molar refractivity (Wildman–Crippen MR) is 130 cm³/mol. The van der Waals surface area contributed by atoms with Gasteiger partial charge in [0.15, 0.2) is 0 Å². The molecule has 1 aromatic rings. The third-order valence-corrected chi connectivity index (χ3v) is 7.87. The van der Waals surface area contributed by atoms with Crippen LogP contribution in [0.15, 0.2) is 24.3 Å². The van der Waals surface area contributed by atoms with Crippen molar-refractivity contribution < 1.29 is 19.1 Å². The highest BCUT2D eigenvalue weighted by molar-refractivity contribution is 6.31. The molecule has 9 heteroatoms. The van der Waals surface area contributed by atoms with E-state index in [0.717, 1.165) is 31.5 Å². The highest BCUT2D eigenvalue weighted by atomic mass is 35.5. The lowest BCUT2D eigenvalue weighted by Crippen LogP contribution is -2.58. The quantitative estimate of drug-likeness (QED) is 0.566. The zero-order chi connectivity index (χ0) is 24.1. The molecule has 3 fully saturated rings. The summed E-state index contributed by atoms with van der Waals surface area (Å²) in [5.41, 5.74) is -0.243. The molecule has 8 nitrogen and oxygen atoms in total. The molecule has 186 valence electrons. The van der Waals surface area contributed by atoms with Crippen molar-refractivity contribution in [1.82, 2.24) is 20.0 Å². The highest BCUT2D eigenvalue weighted by Crippen LogP contribution is 2.37. The monoisotopic (exact) mass is 490 g/mol. The van der Waals surface area contributed by atoms with E-state index in [1.54, 1.807) is 13.2 Å². The highest BCUT2D eigenvalue weighted by Gasteiger charge is 2.56. The van der Waals surface area contributed by atoms with Gasteiger partial charge in [0, 0.05) is 31.6 Å². The van der Waals surface area contributed by atoms with Gasteiger partial charge in [0.25, 0.3) is 5.91 Å². The van der Waals surface area contributed by atoms with Crippen molar-refractivity contribution in [2.75, 3.05) is 53.0 Å². The summed E-state index contributed by atoms with van der Waals surface area (Å²) in [4.78, 5) is 44.9. The molecule has 3 saturated heterocycles. The number of nitrogens with zero attached hydrogens (tertiary/aromatic N) is 3. The van der Waals surface area contributed by atoms with Crippen molar-refractivity contribution in [3.05, 3.63) is 34.9 Å². The van der Waals surface area contributed by atoms with Crippen molar-refractivity contribution in [3.63, 3.8) is 0 Å². The summed E-state index contributed by atoms with van der Waals surface area (Å²) in [5.74, 6) is -0.164. The molecule has 0 saturated carbocycles. The van der Waals surface area contributed by atoms with E-state index in [1.807, 2.05) is 23.1 Å². The molecule has 34 heavy (non-hydrogen) atoms. The van der Waals surface area contributed by atoms with Crippen molar-refractivity contribution >= 4 is 29.4 Å². The molecule has 4 rings (SSSR count). The van der Waals surface area contributed by atoms with Gasteiger partial charge in [-0.2, -0.15) is 0 Å². The second-order valence-electron chi connectivity index (χ2n) is 9.61. The number of halogens is 1. The van der Waals surface area contributed by atoms with Gasteiger partial charge in [-0.1, -0.05) is 36.2 Å². The number of carbonyl (C=O) groups excluding carboxylic acids is 3. The number of piperidine rings is 2. The Morgan fingerprint density at radius 3 is 2.50 bits per heavy atom. The number of hydrogen-bond acceptors (Lipinski definition) is 5. The minimum absolute atomic E-state index is 0.0909. The SMILES string of the molecule is COCCN1C(=O)N[C@](Cc2ccccc2Cl)(C2CCN(C(=O)CN3CCCCC3)CC2)C1=O. The molecule has 0 aromatic heterocycles. The lowest BCUT2D eigenvalue weighted by atomic mass is 9.74. The number of urea groups is 1. The Morgan fingerprint density at radius 1 is 1.12 bits per heavy atom. The normalized spacial score (nSPS) is 24.5. The molecule has 3 aliphatic heterocycles. The summed E-state index contributed by atoms with van der Waals surface area (Å²) >= 11 is 6.45. The van der Waals surface area contributed by atoms with E-state index in [9.17, 15) is 14.4 Å². The number of rotatable bonds is 8. The number of nitrogens with one attached hydrogen (secondary N) is 1. The average Bonchev–Trinajstić information content (AvgIpc) is 3.09. The first-order chi connectivity index (χ1) is 16.4. The van der Waals surface area contributed by atoms with Crippen LogP contribution >= 0.6 is 11.6 Å². The van der Waals surface area contributed by atoms with Crippen molar-refractivity contribution in [2.45, 2.75) is 44.1 Å². The average molecular weight is 491 g/mol. The maximum atomic E-state index is 13.7. The zero-order valence-corrected chi connectivity index (χ0v) is 20.7. The van der Waals surface area contributed by atoms with Gasteiger partial charge in [-0.3, -0.25) is 19.4 Å². The lowest BCUT2D eigenvalue weighted by molar-refractivity contribution is -0.137. The van der Waals surface area contributed by atoms with Crippen molar-refractivity contribution in [2.24, 2.45) is 5.92 Å². The largest absolute Gasteiger partial charge is 0.383 e. The Bertz CT molecular complexity index is 899. The van der Waals surface area contributed by atoms with E-state index < -0.39 is 11.6 Å². The second kappa shape index (κ2) is 11.1. The number of methoxy groups -OCH3 is 1. The van der Waals surface area contributed by atoms with Gasteiger partial charge in [-0.25, -0.2) is 4.79 Å². The molecule has 3 aliphatic rings. The number of carbonyl (C=O) groups is 3. The van der Waals surface area contributed by atoms with Crippen molar-refractivity contribution in [3.8, 4) is 0 Å². The molecular weight excluding hydrogens is 456 g/mol. The summed E-state index contributed by atoms with van der Waals surface area (Å²) in [6.07, 6.45) is 5.18. The Morgan fingerprint density at radius 2 is 1.82 bits per heavy atom. The summed E-state index contributed by atoms with van der Waals surface area (Å²) in [7, 11) is 1.55. The summed E-state index contributed by atoms with van der Waals surface area (Å²) in [6, 6.07) is 7.05. The number of likely N-dealkylation sites (tertiary alicyclic amines) is 2. The topological polar surface area (TPSA) is 82.2 Å². The van der Waals surface area contributed by atoms with Crippen LogP contribution in [-0.2, 0) is 20.7 Å². The Kier molecular flexibility index (Phi) is 8.11. The van der Waals surface area contributed by atoms with E-state index >= 15 is 0 Å². The van der Waals surface area contributed by atoms with E-state index in [1.165, 1.54) is 11.3 Å². The first-order valence-electron chi connectivity index (χ1n) is 12.3. The van der Waals surface area contributed by atoms with Gasteiger partial charge in [0.1, 0.15) is 5.54 Å².